The molecule has 2 nitrogen and oxygen atoms in total. The standard InChI is InChI=1S/C44H40N2/c1-43(2,3)31-20-22-41-37(26-31)35-16-10-12-18-39(35)45(41)33-24-30(29-14-8-7-9-15-29)25-34(28-33)46-40-19-13-11-17-36(40)38-27-32(44(4,5)6)21-23-42(38)46/h7-28H,1-6H3. The third-order valence-electron chi connectivity index (χ3n) is 9.60. The predicted octanol–water partition coefficient (Wildman–Crippen LogP) is 12.1. The minimum absolute atomic E-state index is 0.0706. The van der Waals surface area contributed by atoms with Crippen molar-refractivity contribution in [3.8, 4) is 22.5 Å². The van der Waals surface area contributed by atoms with Gasteiger partial charge in [-0.05, 0) is 87.7 Å². The Kier molecular flexibility index (Phi) is 6.31. The van der Waals surface area contributed by atoms with Gasteiger partial charge in [-0.15, -0.1) is 0 Å². The molecule has 0 bridgehead atoms. The van der Waals surface area contributed by atoms with Crippen LogP contribution in [0.3, 0.4) is 0 Å². The van der Waals surface area contributed by atoms with Crippen LogP contribution in [0.5, 0.6) is 0 Å². The third kappa shape index (κ3) is 4.55. The molecule has 0 N–H and O–H groups in total. The van der Waals surface area contributed by atoms with Gasteiger partial charge in [-0.25, -0.2) is 0 Å². The van der Waals surface area contributed by atoms with Crippen LogP contribution in [0.25, 0.3) is 66.1 Å². The van der Waals surface area contributed by atoms with Crippen molar-refractivity contribution in [1.82, 2.24) is 9.13 Å². The smallest absolute Gasteiger partial charge is 0.0541 e. The van der Waals surface area contributed by atoms with E-state index in [1.807, 2.05) is 0 Å². The maximum atomic E-state index is 2.46. The van der Waals surface area contributed by atoms with E-state index in [-0.39, 0.29) is 10.8 Å². The number of hydrogen-bond acceptors (Lipinski definition) is 0. The number of hydrogen-bond donors (Lipinski definition) is 0. The van der Waals surface area contributed by atoms with Crippen molar-refractivity contribution >= 4 is 43.6 Å². The molecular weight excluding hydrogens is 556 g/mol. The Hall–Kier alpha value is -5.08. The number of benzene rings is 6. The van der Waals surface area contributed by atoms with Crippen LogP contribution in [0, 0.1) is 0 Å². The summed E-state index contributed by atoms with van der Waals surface area (Å²) >= 11 is 0. The Morgan fingerprint density at radius 1 is 0.348 bits per heavy atom. The Labute approximate surface area is 271 Å². The number of fused-ring (bicyclic) bond motifs is 6. The summed E-state index contributed by atoms with van der Waals surface area (Å²) in [4.78, 5) is 0. The molecule has 0 atom stereocenters. The maximum absolute atomic E-state index is 2.46. The van der Waals surface area contributed by atoms with Gasteiger partial charge in [0.2, 0.25) is 0 Å². The van der Waals surface area contributed by atoms with E-state index in [9.17, 15) is 0 Å². The molecule has 2 heteroatoms. The van der Waals surface area contributed by atoms with E-state index in [1.165, 1.54) is 65.9 Å². The first-order valence-electron chi connectivity index (χ1n) is 16.4. The molecular formula is C44H40N2. The van der Waals surface area contributed by atoms with E-state index in [2.05, 4.69) is 184 Å². The van der Waals surface area contributed by atoms with Crippen molar-refractivity contribution < 1.29 is 0 Å². The molecule has 0 aliphatic heterocycles. The Balaban J connectivity index is 1.46. The number of nitrogens with zero attached hydrogens (tertiary/aromatic N) is 2. The minimum atomic E-state index is 0.0706. The predicted molar refractivity (Wildman–Crippen MR) is 198 cm³/mol. The fraction of sp³-hybridized carbons (Fsp3) is 0.182. The number of rotatable bonds is 3. The van der Waals surface area contributed by atoms with Crippen LogP contribution in [0.15, 0.2) is 133 Å². The van der Waals surface area contributed by atoms with Crippen molar-refractivity contribution in [2.45, 2.75) is 52.4 Å². The van der Waals surface area contributed by atoms with Crippen LogP contribution >= 0.6 is 0 Å². The van der Waals surface area contributed by atoms with E-state index in [0.29, 0.717) is 0 Å². The summed E-state index contributed by atoms with van der Waals surface area (Å²) < 4.78 is 4.91. The van der Waals surface area contributed by atoms with E-state index >= 15 is 0 Å². The van der Waals surface area contributed by atoms with Crippen molar-refractivity contribution in [1.29, 1.82) is 0 Å². The second kappa shape index (κ2) is 10.2. The van der Waals surface area contributed by atoms with Crippen LogP contribution in [-0.2, 0) is 10.8 Å². The first-order chi connectivity index (χ1) is 22.1. The summed E-state index contributed by atoms with van der Waals surface area (Å²) in [5, 5.41) is 5.14. The van der Waals surface area contributed by atoms with Gasteiger partial charge in [0.05, 0.1) is 22.1 Å². The maximum Gasteiger partial charge on any atom is 0.0541 e. The Bertz CT molecular complexity index is 2270. The van der Waals surface area contributed by atoms with Gasteiger partial charge in [-0.2, -0.15) is 0 Å². The van der Waals surface area contributed by atoms with Gasteiger partial charge in [0, 0.05) is 32.9 Å². The molecule has 0 radical (unpaired) electrons. The molecule has 0 aliphatic rings. The SMILES string of the molecule is CC(C)(C)c1ccc2c(c1)c1ccccc1n2-c1cc(-c2ccccc2)cc(-n2c3ccccc3c3cc(C(C)(C)C)ccc32)c1. The van der Waals surface area contributed by atoms with Gasteiger partial charge in [0.25, 0.3) is 0 Å². The largest absolute Gasteiger partial charge is 0.309 e. The summed E-state index contributed by atoms with van der Waals surface area (Å²) in [6, 6.07) is 49.6. The van der Waals surface area contributed by atoms with Crippen LogP contribution in [-0.4, -0.2) is 9.13 Å². The van der Waals surface area contributed by atoms with Crippen LogP contribution in [0.1, 0.15) is 52.7 Å². The van der Waals surface area contributed by atoms with Crippen LogP contribution in [0.2, 0.25) is 0 Å². The lowest BCUT2D eigenvalue weighted by molar-refractivity contribution is 0.591. The molecule has 226 valence electrons. The van der Waals surface area contributed by atoms with E-state index in [1.54, 1.807) is 0 Å². The summed E-state index contributed by atoms with van der Waals surface area (Å²) in [5.41, 5.74) is 12.4. The number of para-hydroxylation sites is 2. The van der Waals surface area contributed by atoms with E-state index in [0.717, 1.165) is 11.4 Å². The van der Waals surface area contributed by atoms with E-state index < -0.39 is 0 Å². The third-order valence-corrected chi connectivity index (χ3v) is 9.60. The Morgan fingerprint density at radius 3 is 1.22 bits per heavy atom. The van der Waals surface area contributed by atoms with Gasteiger partial charge in [0.15, 0.2) is 0 Å². The lowest BCUT2D eigenvalue weighted by Crippen LogP contribution is -2.10. The number of aromatic nitrogens is 2. The summed E-state index contributed by atoms with van der Waals surface area (Å²) in [5.74, 6) is 0. The van der Waals surface area contributed by atoms with Gasteiger partial charge in [-0.3, -0.25) is 0 Å². The topological polar surface area (TPSA) is 9.86 Å². The molecule has 6 aromatic carbocycles. The average molecular weight is 597 g/mol. The highest BCUT2D eigenvalue weighted by molar-refractivity contribution is 6.11. The molecule has 46 heavy (non-hydrogen) atoms. The molecule has 0 amide bonds. The molecule has 8 aromatic rings. The molecule has 0 saturated carbocycles. The summed E-state index contributed by atoms with van der Waals surface area (Å²) in [6.45, 7) is 13.7. The first kappa shape index (κ1) is 28.4. The lowest BCUT2D eigenvalue weighted by Gasteiger charge is -2.20. The molecule has 0 spiro atoms. The van der Waals surface area contributed by atoms with Crippen molar-refractivity contribution in [2.24, 2.45) is 0 Å². The van der Waals surface area contributed by atoms with E-state index in [4.69, 9.17) is 0 Å². The first-order valence-corrected chi connectivity index (χ1v) is 16.4. The average Bonchev–Trinajstić information content (AvgIpc) is 3.56. The molecule has 0 unspecified atom stereocenters. The second-order valence-corrected chi connectivity index (χ2v) is 14.8. The quantitative estimate of drug-likeness (QED) is 0.192. The van der Waals surface area contributed by atoms with Gasteiger partial charge >= 0.3 is 0 Å². The fourth-order valence-electron chi connectivity index (χ4n) is 7.09. The van der Waals surface area contributed by atoms with Gasteiger partial charge in [-0.1, -0.05) is 120 Å². The summed E-state index contributed by atoms with van der Waals surface area (Å²) in [7, 11) is 0. The van der Waals surface area contributed by atoms with Gasteiger partial charge in [0.1, 0.15) is 0 Å². The van der Waals surface area contributed by atoms with Crippen molar-refractivity contribution in [2.75, 3.05) is 0 Å². The normalized spacial score (nSPS) is 12.6. The lowest BCUT2D eigenvalue weighted by atomic mass is 9.86. The van der Waals surface area contributed by atoms with Gasteiger partial charge < -0.3 is 9.13 Å². The Morgan fingerprint density at radius 2 is 0.761 bits per heavy atom. The highest BCUT2D eigenvalue weighted by atomic mass is 15.0. The highest BCUT2D eigenvalue weighted by Crippen LogP contribution is 2.39. The van der Waals surface area contributed by atoms with Crippen molar-refractivity contribution in [3.63, 3.8) is 0 Å². The molecule has 2 aromatic heterocycles. The molecule has 0 saturated heterocycles. The van der Waals surface area contributed by atoms with Crippen molar-refractivity contribution in [3.05, 3.63) is 145 Å². The molecule has 8 rings (SSSR count). The second-order valence-electron chi connectivity index (χ2n) is 14.8. The zero-order chi connectivity index (χ0) is 31.8. The zero-order valence-electron chi connectivity index (χ0n) is 27.6. The molecule has 2 heterocycles. The summed E-state index contributed by atoms with van der Waals surface area (Å²) in [6.07, 6.45) is 0. The minimum Gasteiger partial charge on any atom is -0.309 e. The molecule has 0 fully saturated rings. The highest BCUT2D eigenvalue weighted by Gasteiger charge is 2.21. The van der Waals surface area contributed by atoms with Crippen LogP contribution < -0.4 is 0 Å². The zero-order valence-corrected chi connectivity index (χ0v) is 27.6. The van der Waals surface area contributed by atoms with Crippen LogP contribution in [0.4, 0.5) is 0 Å². The monoisotopic (exact) mass is 596 g/mol. The molecule has 0 aliphatic carbocycles. The fourth-order valence-corrected chi connectivity index (χ4v) is 7.09.